The molecule has 0 aliphatic rings. The molecule has 0 aliphatic heterocycles. The number of amides is 1. The molecule has 0 fully saturated rings. The van der Waals surface area contributed by atoms with E-state index in [2.05, 4.69) is 15.3 Å². The molecule has 1 aromatic carbocycles. The largest absolute Gasteiger partial charge is 0.419 e. The van der Waals surface area contributed by atoms with Crippen LogP contribution in [0.25, 0.3) is 0 Å². The van der Waals surface area contributed by atoms with Crippen LogP contribution in [0.4, 0.5) is 27.9 Å². The second-order valence-electron chi connectivity index (χ2n) is 5.90. The van der Waals surface area contributed by atoms with Gasteiger partial charge in [0.2, 0.25) is 5.95 Å². The molecule has 0 saturated carbocycles. The molecule has 2 N–H and O–H groups in total. The maximum atomic E-state index is 14.0. The molecule has 27 heavy (non-hydrogen) atoms. The van der Waals surface area contributed by atoms with Crippen LogP contribution in [0.3, 0.4) is 0 Å². The summed E-state index contributed by atoms with van der Waals surface area (Å²) in [5.74, 6) is -3.78. The molecule has 0 saturated heterocycles. The monoisotopic (exact) mass is 390 g/mol. The average Bonchev–Trinajstić information content (AvgIpc) is 2.54. The molecule has 11 heteroatoms. The Hall–Kier alpha value is -2.98. The predicted octanol–water partition coefficient (Wildman–Crippen LogP) is 2.62. The predicted molar refractivity (Wildman–Crippen MR) is 86.4 cm³/mol. The lowest BCUT2D eigenvalue weighted by Gasteiger charge is -2.17. The molecule has 0 spiro atoms. The van der Waals surface area contributed by atoms with Gasteiger partial charge in [0.25, 0.3) is 11.5 Å². The summed E-state index contributed by atoms with van der Waals surface area (Å²) in [7, 11) is 3.14. The number of halogens is 5. The minimum atomic E-state index is -5.05. The number of rotatable bonds is 4. The van der Waals surface area contributed by atoms with Gasteiger partial charge in [-0.05, 0) is 19.1 Å². The lowest BCUT2D eigenvalue weighted by atomic mass is 10.0. The van der Waals surface area contributed by atoms with Crippen molar-refractivity contribution in [1.29, 1.82) is 0 Å². The molecule has 1 aromatic heterocycles. The van der Waals surface area contributed by atoms with Crippen molar-refractivity contribution < 1.29 is 26.7 Å². The Kier molecular flexibility index (Phi) is 5.52. The molecular formula is C16H15F5N4O2. The number of alkyl halides is 3. The van der Waals surface area contributed by atoms with E-state index in [-0.39, 0.29) is 17.7 Å². The van der Waals surface area contributed by atoms with Gasteiger partial charge < -0.3 is 10.2 Å². The molecule has 146 valence electrons. The van der Waals surface area contributed by atoms with Crippen LogP contribution in [0, 0.1) is 11.6 Å². The van der Waals surface area contributed by atoms with Crippen molar-refractivity contribution >= 4 is 11.9 Å². The first-order valence-electron chi connectivity index (χ1n) is 7.56. The van der Waals surface area contributed by atoms with E-state index in [9.17, 15) is 31.5 Å². The lowest BCUT2D eigenvalue weighted by Crippen LogP contribution is -2.30. The minimum Gasteiger partial charge on any atom is -0.348 e. The van der Waals surface area contributed by atoms with Gasteiger partial charge in [-0.2, -0.15) is 13.2 Å². The van der Waals surface area contributed by atoms with Crippen LogP contribution in [-0.2, 0) is 6.18 Å². The van der Waals surface area contributed by atoms with Crippen LogP contribution in [0.5, 0.6) is 0 Å². The van der Waals surface area contributed by atoms with Crippen LogP contribution in [0.15, 0.2) is 23.0 Å². The van der Waals surface area contributed by atoms with Gasteiger partial charge >= 0.3 is 6.18 Å². The summed E-state index contributed by atoms with van der Waals surface area (Å²) >= 11 is 0. The number of anilines is 1. The molecule has 0 bridgehead atoms. The first-order chi connectivity index (χ1) is 12.4. The zero-order valence-corrected chi connectivity index (χ0v) is 14.4. The Morgan fingerprint density at radius 3 is 2.37 bits per heavy atom. The number of nitrogens with one attached hydrogen (secondary N) is 2. The fraction of sp³-hybridized carbons (Fsp3) is 0.312. The Bertz CT molecular complexity index is 924. The van der Waals surface area contributed by atoms with E-state index in [4.69, 9.17) is 0 Å². The van der Waals surface area contributed by atoms with Gasteiger partial charge in [0, 0.05) is 25.7 Å². The van der Waals surface area contributed by atoms with Gasteiger partial charge in [-0.1, -0.05) is 0 Å². The number of nitrogens with zero attached hydrogens (tertiary/aromatic N) is 2. The highest BCUT2D eigenvalue weighted by molar-refractivity contribution is 5.92. The standard InChI is InChI=1S/C16H15F5N4O2/c1-7(8-4-11(18)9(5-10(8)17)16(19,20)21)22-14(27)12-6-13(26)24-15(23-12)25(2)3/h4-7H,1-3H3,(H,22,27)(H,23,24,26)/t7-/m1/s1. The molecular weight excluding hydrogens is 375 g/mol. The van der Waals surface area contributed by atoms with Crippen LogP contribution < -0.4 is 15.8 Å². The number of carbonyl (C=O) groups is 1. The van der Waals surface area contributed by atoms with E-state index < -0.39 is 46.4 Å². The van der Waals surface area contributed by atoms with E-state index in [1.807, 2.05) is 0 Å². The van der Waals surface area contributed by atoms with Crippen molar-refractivity contribution in [2.75, 3.05) is 19.0 Å². The van der Waals surface area contributed by atoms with Crippen molar-refractivity contribution in [2.24, 2.45) is 0 Å². The number of aromatic amines is 1. The van der Waals surface area contributed by atoms with Crippen molar-refractivity contribution in [3.8, 4) is 0 Å². The van der Waals surface area contributed by atoms with Crippen LogP contribution in [-0.4, -0.2) is 30.0 Å². The topological polar surface area (TPSA) is 78.1 Å². The Morgan fingerprint density at radius 1 is 1.19 bits per heavy atom. The number of hydrogen-bond donors (Lipinski definition) is 2. The second kappa shape index (κ2) is 7.33. The van der Waals surface area contributed by atoms with Crippen LogP contribution in [0.2, 0.25) is 0 Å². The molecule has 0 radical (unpaired) electrons. The summed E-state index contributed by atoms with van der Waals surface area (Å²) in [6.45, 7) is 1.25. The highest BCUT2D eigenvalue weighted by Crippen LogP contribution is 2.33. The fourth-order valence-corrected chi connectivity index (χ4v) is 2.23. The Morgan fingerprint density at radius 2 is 1.81 bits per heavy atom. The number of H-pyrrole nitrogens is 1. The molecule has 6 nitrogen and oxygen atoms in total. The van der Waals surface area contributed by atoms with Gasteiger partial charge in [-0.25, -0.2) is 13.8 Å². The van der Waals surface area contributed by atoms with Crippen molar-refractivity contribution in [3.63, 3.8) is 0 Å². The van der Waals surface area contributed by atoms with Gasteiger partial charge in [0.05, 0.1) is 11.6 Å². The molecule has 1 amide bonds. The minimum absolute atomic E-state index is 0.0307. The Labute approximate surface area is 150 Å². The third-order valence-electron chi connectivity index (χ3n) is 3.59. The first kappa shape index (κ1) is 20.3. The van der Waals surface area contributed by atoms with Crippen molar-refractivity contribution in [3.05, 3.63) is 57.0 Å². The van der Waals surface area contributed by atoms with E-state index in [0.717, 1.165) is 6.07 Å². The highest BCUT2D eigenvalue weighted by Gasteiger charge is 2.35. The number of hydrogen-bond acceptors (Lipinski definition) is 4. The Balaban J connectivity index is 2.30. The van der Waals surface area contributed by atoms with E-state index >= 15 is 0 Å². The normalized spacial score (nSPS) is 12.6. The van der Waals surface area contributed by atoms with Crippen molar-refractivity contribution in [1.82, 2.24) is 15.3 Å². The average molecular weight is 390 g/mol. The highest BCUT2D eigenvalue weighted by atomic mass is 19.4. The molecule has 0 aliphatic carbocycles. The SMILES string of the molecule is C[C@@H](NC(=O)c1cc(=O)[nH]c(N(C)C)n1)c1cc(F)c(C(F)(F)F)cc1F. The zero-order chi connectivity index (χ0) is 20.5. The third kappa shape index (κ3) is 4.60. The first-order valence-corrected chi connectivity index (χ1v) is 7.56. The summed E-state index contributed by atoms with van der Waals surface area (Å²) in [6, 6.07) is 0.125. The van der Waals surface area contributed by atoms with Crippen LogP contribution >= 0.6 is 0 Å². The quantitative estimate of drug-likeness (QED) is 0.787. The van der Waals surface area contributed by atoms with E-state index in [1.54, 1.807) is 14.1 Å². The lowest BCUT2D eigenvalue weighted by molar-refractivity contribution is -0.140. The van der Waals surface area contributed by atoms with Gasteiger partial charge in [-0.15, -0.1) is 0 Å². The summed E-state index contributed by atoms with van der Waals surface area (Å²) < 4.78 is 65.5. The summed E-state index contributed by atoms with van der Waals surface area (Å²) in [5, 5.41) is 2.27. The fourth-order valence-electron chi connectivity index (χ4n) is 2.23. The molecule has 1 heterocycles. The summed E-state index contributed by atoms with van der Waals surface area (Å²) in [6.07, 6.45) is -5.05. The van der Waals surface area contributed by atoms with E-state index in [0.29, 0.717) is 6.07 Å². The van der Waals surface area contributed by atoms with E-state index in [1.165, 1.54) is 11.8 Å². The summed E-state index contributed by atoms with van der Waals surface area (Å²) in [5.41, 5.74) is -3.12. The summed E-state index contributed by atoms with van der Waals surface area (Å²) in [4.78, 5) is 31.6. The molecule has 1 atom stereocenters. The maximum Gasteiger partial charge on any atom is 0.419 e. The number of benzene rings is 1. The number of carbonyl (C=O) groups excluding carboxylic acids is 1. The maximum absolute atomic E-state index is 14.0. The van der Waals surface area contributed by atoms with Crippen LogP contribution in [0.1, 0.15) is 34.6 Å². The second-order valence-corrected chi connectivity index (χ2v) is 5.90. The number of aromatic nitrogens is 2. The van der Waals surface area contributed by atoms with Crippen molar-refractivity contribution in [2.45, 2.75) is 19.1 Å². The molecule has 0 unspecified atom stereocenters. The van der Waals surface area contributed by atoms with Gasteiger partial charge in [0.1, 0.15) is 17.3 Å². The zero-order valence-electron chi connectivity index (χ0n) is 14.4. The van der Waals surface area contributed by atoms with Gasteiger partial charge in [-0.3, -0.25) is 14.6 Å². The molecule has 2 rings (SSSR count). The van der Waals surface area contributed by atoms with Gasteiger partial charge in [0.15, 0.2) is 0 Å². The third-order valence-corrected chi connectivity index (χ3v) is 3.59. The molecule has 2 aromatic rings. The smallest absolute Gasteiger partial charge is 0.348 e.